The predicted molar refractivity (Wildman–Crippen MR) is 73.7 cm³/mol. The van der Waals surface area contributed by atoms with Crippen LogP contribution in [0.25, 0.3) is 0 Å². The maximum absolute atomic E-state index is 4.09. The molecule has 1 unspecified atom stereocenters. The van der Waals surface area contributed by atoms with Crippen LogP contribution < -0.4 is 5.32 Å². The van der Waals surface area contributed by atoms with E-state index in [9.17, 15) is 0 Å². The minimum Gasteiger partial charge on any atom is -0.313 e. The lowest BCUT2D eigenvalue weighted by Gasteiger charge is -2.24. The molecule has 0 saturated carbocycles. The van der Waals surface area contributed by atoms with Gasteiger partial charge in [0.1, 0.15) is 0 Å². The lowest BCUT2D eigenvalue weighted by atomic mass is 10.1. The fourth-order valence-electron chi connectivity index (χ4n) is 1.32. The summed E-state index contributed by atoms with van der Waals surface area (Å²) in [7, 11) is 0. The molecule has 0 rings (SSSR count). The quantitative estimate of drug-likeness (QED) is 0.665. The molecule has 0 saturated heterocycles. The molecule has 2 heteroatoms. The van der Waals surface area contributed by atoms with Crippen molar-refractivity contribution in [3.05, 3.63) is 12.2 Å². The Balaban J connectivity index is 3.98. The summed E-state index contributed by atoms with van der Waals surface area (Å²) in [5.74, 6) is 1.18. The second-order valence-electron chi connectivity index (χ2n) is 4.99. The van der Waals surface area contributed by atoms with Gasteiger partial charge in [-0.1, -0.05) is 46.8 Å². The van der Waals surface area contributed by atoms with Crippen LogP contribution in [-0.4, -0.2) is 23.1 Å². The minimum absolute atomic E-state index is 0.362. The van der Waals surface area contributed by atoms with E-state index in [0.717, 1.165) is 19.4 Å². The van der Waals surface area contributed by atoms with Gasteiger partial charge in [0.15, 0.2) is 0 Å². The first-order chi connectivity index (χ1) is 6.89. The van der Waals surface area contributed by atoms with Gasteiger partial charge in [0.05, 0.1) is 0 Å². The third-order valence-corrected chi connectivity index (χ3v) is 3.68. The van der Waals surface area contributed by atoms with Crippen molar-refractivity contribution in [2.45, 2.75) is 58.2 Å². The first kappa shape index (κ1) is 15.0. The highest BCUT2D eigenvalue weighted by Crippen LogP contribution is 2.25. The van der Waals surface area contributed by atoms with Crippen LogP contribution in [0.4, 0.5) is 0 Å². The van der Waals surface area contributed by atoms with Crippen molar-refractivity contribution in [1.82, 2.24) is 5.32 Å². The molecule has 0 aliphatic rings. The summed E-state index contributed by atoms with van der Waals surface area (Å²) < 4.78 is 0.362. The molecule has 0 bridgehead atoms. The topological polar surface area (TPSA) is 12.0 Å². The van der Waals surface area contributed by atoms with Gasteiger partial charge in [0, 0.05) is 16.5 Å². The molecule has 0 aromatic heterocycles. The Kier molecular flexibility index (Phi) is 7.37. The molecule has 0 radical (unpaired) electrons. The summed E-state index contributed by atoms with van der Waals surface area (Å²) in [5.41, 5.74) is 1.36. The standard InChI is InChI=1S/C13H27NS/c1-7-11(3)9-12(14-8-2)10-15-13(4,5)6/h12,14H,3,7-10H2,1-2,4-6H3. The van der Waals surface area contributed by atoms with Gasteiger partial charge in [-0.3, -0.25) is 0 Å². The maximum atomic E-state index is 4.09. The van der Waals surface area contributed by atoms with E-state index in [1.807, 2.05) is 11.8 Å². The van der Waals surface area contributed by atoms with Crippen LogP contribution in [-0.2, 0) is 0 Å². The average Bonchev–Trinajstić information content (AvgIpc) is 2.13. The third-order valence-electron chi connectivity index (χ3n) is 2.25. The lowest BCUT2D eigenvalue weighted by molar-refractivity contribution is 0.563. The SMILES string of the molecule is C=C(CC)CC(CSC(C)(C)C)NCC. The summed E-state index contributed by atoms with van der Waals surface area (Å²) >= 11 is 2.03. The number of nitrogens with one attached hydrogen (secondary N) is 1. The van der Waals surface area contributed by atoms with Gasteiger partial charge in [-0.25, -0.2) is 0 Å². The van der Waals surface area contributed by atoms with Crippen molar-refractivity contribution >= 4 is 11.8 Å². The molecular weight excluding hydrogens is 202 g/mol. The Bertz CT molecular complexity index is 181. The highest BCUT2D eigenvalue weighted by atomic mass is 32.2. The second-order valence-corrected chi connectivity index (χ2v) is 6.83. The minimum atomic E-state index is 0.362. The lowest BCUT2D eigenvalue weighted by Crippen LogP contribution is -2.32. The highest BCUT2D eigenvalue weighted by Gasteiger charge is 2.15. The number of rotatable bonds is 7. The summed E-state index contributed by atoms with van der Waals surface area (Å²) in [4.78, 5) is 0. The van der Waals surface area contributed by atoms with Crippen molar-refractivity contribution in [3.8, 4) is 0 Å². The zero-order valence-electron chi connectivity index (χ0n) is 11.0. The number of hydrogen-bond acceptors (Lipinski definition) is 2. The van der Waals surface area contributed by atoms with Crippen molar-refractivity contribution in [1.29, 1.82) is 0 Å². The number of hydrogen-bond donors (Lipinski definition) is 1. The maximum Gasteiger partial charge on any atom is 0.0195 e. The molecule has 0 fully saturated rings. The predicted octanol–water partition coefficient (Wildman–Crippen LogP) is 3.85. The van der Waals surface area contributed by atoms with Gasteiger partial charge in [-0.15, -0.1) is 0 Å². The molecule has 0 aromatic carbocycles. The molecule has 15 heavy (non-hydrogen) atoms. The summed E-state index contributed by atoms with van der Waals surface area (Å²) in [6.45, 7) is 16.3. The Labute approximate surface area is 100 Å². The van der Waals surface area contributed by atoms with Crippen LogP contribution in [0, 0.1) is 0 Å². The van der Waals surface area contributed by atoms with Crippen LogP contribution in [0.2, 0.25) is 0 Å². The van der Waals surface area contributed by atoms with Crippen molar-refractivity contribution in [2.24, 2.45) is 0 Å². The average molecular weight is 229 g/mol. The van der Waals surface area contributed by atoms with E-state index in [1.165, 1.54) is 11.3 Å². The van der Waals surface area contributed by atoms with Crippen LogP contribution >= 0.6 is 11.8 Å². The molecule has 0 aliphatic heterocycles. The Morgan fingerprint density at radius 3 is 2.33 bits per heavy atom. The largest absolute Gasteiger partial charge is 0.313 e. The van der Waals surface area contributed by atoms with Gasteiger partial charge in [-0.2, -0.15) is 11.8 Å². The third kappa shape index (κ3) is 9.01. The molecular formula is C13H27NS. The van der Waals surface area contributed by atoms with E-state index >= 15 is 0 Å². The highest BCUT2D eigenvalue weighted by molar-refractivity contribution is 8.00. The Morgan fingerprint density at radius 1 is 1.33 bits per heavy atom. The molecule has 90 valence electrons. The van der Waals surface area contributed by atoms with Crippen LogP contribution in [0.15, 0.2) is 12.2 Å². The van der Waals surface area contributed by atoms with Gasteiger partial charge < -0.3 is 5.32 Å². The second kappa shape index (κ2) is 7.34. The van der Waals surface area contributed by atoms with Gasteiger partial charge >= 0.3 is 0 Å². The van der Waals surface area contributed by atoms with E-state index < -0.39 is 0 Å². The molecule has 0 amide bonds. The summed E-state index contributed by atoms with van der Waals surface area (Å²) in [5, 5.41) is 3.54. The fourth-order valence-corrected chi connectivity index (χ4v) is 2.26. The molecule has 0 heterocycles. The van der Waals surface area contributed by atoms with Crippen LogP contribution in [0.5, 0.6) is 0 Å². The van der Waals surface area contributed by atoms with Crippen LogP contribution in [0.1, 0.15) is 47.5 Å². The zero-order chi connectivity index (χ0) is 11.9. The van der Waals surface area contributed by atoms with Crippen molar-refractivity contribution in [3.63, 3.8) is 0 Å². The molecule has 0 aliphatic carbocycles. The summed E-state index contributed by atoms with van der Waals surface area (Å²) in [6, 6.07) is 0.590. The molecule has 1 nitrogen and oxygen atoms in total. The zero-order valence-corrected chi connectivity index (χ0v) is 11.8. The molecule has 0 spiro atoms. The van der Waals surface area contributed by atoms with Gasteiger partial charge in [0.2, 0.25) is 0 Å². The Morgan fingerprint density at radius 2 is 1.93 bits per heavy atom. The molecule has 1 atom stereocenters. The van der Waals surface area contributed by atoms with Gasteiger partial charge in [-0.05, 0) is 19.4 Å². The van der Waals surface area contributed by atoms with Crippen molar-refractivity contribution in [2.75, 3.05) is 12.3 Å². The molecule has 0 aromatic rings. The van der Waals surface area contributed by atoms with Crippen LogP contribution in [0.3, 0.4) is 0 Å². The first-order valence-electron chi connectivity index (χ1n) is 5.93. The van der Waals surface area contributed by atoms with E-state index in [4.69, 9.17) is 0 Å². The summed E-state index contributed by atoms with van der Waals surface area (Å²) in [6.07, 6.45) is 2.22. The van der Waals surface area contributed by atoms with Gasteiger partial charge in [0.25, 0.3) is 0 Å². The van der Waals surface area contributed by atoms with E-state index in [1.54, 1.807) is 0 Å². The fraction of sp³-hybridized carbons (Fsp3) is 0.846. The number of thioether (sulfide) groups is 1. The smallest absolute Gasteiger partial charge is 0.0195 e. The van der Waals surface area contributed by atoms with E-state index in [2.05, 4.69) is 46.5 Å². The Hall–Kier alpha value is 0.0500. The normalized spacial score (nSPS) is 13.9. The monoisotopic (exact) mass is 229 g/mol. The van der Waals surface area contributed by atoms with Crippen molar-refractivity contribution < 1.29 is 0 Å². The van der Waals surface area contributed by atoms with E-state index in [-0.39, 0.29) is 0 Å². The first-order valence-corrected chi connectivity index (χ1v) is 6.91. The van der Waals surface area contributed by atoms with E-state index in [0.29, 0.717) is 10.8 Å². The molecule has 1 N–H and O–H groups in total.